The molecule has 1 aromatic carbocycles. The Bertz CT molecular complexity index is 689. The largest absolute Gasteiger partial charge is 0.417 e. The van der Waals surface area contributed by atoms with Gasteiger partial charge in [-0.25, -0.2) is 4.98 Å². The molecule has 0 radical (unpaired) electrons. The molecule has 0 aliphatic rings. The number of alkyl halides is 3. The Morgan fingerprint density at radius 3 is 2.62 bits per heavy atom. The van der Waals surface area contributed by atoms with Crippen LogP contribution in [0.25, 0.3) is 0 Å². The Morgan fingerprint density at radius 2 is 2.00 bits per heavy atom. The van der Waals surface area contributed by atoms with Gasteiger partial charge in [0.25, 0.3) is 5.91 Å². The topological polar surface area (TPSA) is 68.0 Å². The van der Waals surface area contributed by atoms with Gasteiger partial charge in [0.1, 0.15) is 5.82 Å². The quantitative estimate of drug-likeness (QED) is 0.858. The molecule has 4 nitrogen and oxygen atoms in total. The van der Waals surface area contributed by atoms with E-state index >= 15 is 0 Å². The number of nitrogen functional groups attached to an aromatic ring is 1. The third-order valence-electron chi connectivity index (χ3n) is 2.61. The molecular weight excluding hydrogens is 351 g/mol. The number of anilines is 2. The second-order valence-corrected chi connectivity index (χ2v) is 4.94. The summed E-state index contributed by atoms with van der Waals surface area (Å²) in [5.74, 6) is -0.626. The van der Waals surface area contributed by atoms with Crippen LogP contribution in [-0.4, -0.2) is 10.9 Å². The maximum absolute atomic E-state index is 12.8. The number of nitrogens with zero attached hydrogens (tertiary/aromatic N) is 1. The van der Waals surface area contributed by atoms with Crippen molar-refractivity contribution in [3.63, 3.8) is 0 Å². The SMILES string of the molecule is Nc1ncccc1C(=O)Nc1ccc(Br)c(C(F)(F)F)c1. The van der Waals surface area contributed by atoms with E-state index in [0.29, 0.717) is 0 Å². The number of pyridine rings is 1. The molecule has 2 aromatic rings. The monoisotopic (exact) mass is 359 g/mol. The Labute approximate surface area is 126 Å². The van der Waals surface area contributed by atoms with E-state index in [4.69, 9.17) is 5.73 Å². The smallest absolute Gasteiger partial charge is 0.383 e. The first-order valence-electron chi connectivity index (χ1n) is 5.67. The molecule has 0 unspecified atom stereocenters. The average molecular weight is 360 g/mol. The summed E-state index contributed by atoms with van der Waals surface area (Å²) in [5, 5.41) is 2.36. The number of carbonyl (C=O) groups excluding carboxylic acids is 1. The van der Waals surface area contributed by atoms with E-state index in [1.54, 1.807) is 0 Å². The van der Waals surface area contributed by atoms with E-state index in [1.807, 2.05) is 0 Å². The lowest BCUT2D eigenvalue weighted by Crippen LogP contribution is -2.15. The van der Waals surface area contributed by atoms with Crippen molar-refractivity contribution < 1.29 is 18.0 Å². The number of halogens is 4. The van der Waals surface area contributed by atoms with Crippen LogP contribution in [0.3, 0.4) is 0 Å². The number of rotatable bonds is 2. The third kappa shape index (κ3) is 3.52. The molecule has 0 atom stereocenters. The number of benzene rings is 1. The molecule has 21 heavy (non-hydrogen) atoms. The van der Waals surface area contributed by atoms with Gasteiger partial charge in [-0.05, 0) is 30.3 Å². The Hall–Kier alpha value is -2.09. The molecule has 0 aliphatic carbocycles. The Kier molecular flexibility index (Phi) is 4.17. The number of carbonyl (C=O) groups is 1. The fourth-order valence-corrected chi connectivity index (χ4v) is 2.10. The van der Waals surface area contributed by atoms with E-state index < -0.39 is 17.6 Å². The first kappa shape index (κ1) is 15.3. The number of aromatic nitrogens is 1. The van der Waals surface area contributed by atoms with Crippen molar-refractivity contribution in [2.45, 2.75) is 6.18 Å². The molecule has 0 spiro atoms. The second kappa shape index (κ2) is 5.72. The highest BCUT2D eigenvalue weighted by atomic mass is 79.9. The van der Waals surface area contributed by atoms with Gasteiger partial charge >= 0.3 is 6.18 Å². The fourth-order valence-electron chi connectivity index (χ4n) is 1.63. The number of nitrogens with two attached hydrogens (primary N) is 1. The van der Waals surface area contributed by atoms with Crippen LogP contribution in [0.4, 0.5) is 24.7 Å². The van der Waals surface area contributed by atoms with Gasteiger partial charge < -0.3 is 11.1 Å². The number of nitrogens with one attached hydrogen (secondary N) is 1. The summed E-state index contributed by atoms with van der Waals surface area (Å²) >= 11 is 2.83. The predicted molar refractivity (Wildman–Crippen MR) is 75.7 cm³/mol. The van der Waals surface area contributed by atoms with Crippen LogP contribution in [0.2, 0.25) is 0 Å². The van der Waals surface area contributed by atoms with E-state index in [2.05, 4.69) is 26.2 Å². The van der Waals surface area contributed by atoms with Crippen molar-refractivity contribution in [2.24, 2.45) is 0 Å². The summed E-state index contributed by atoms with van der Waals surface area (Å²) in [7, 11) is 0. The van der Waals surface area contributed by atoms with E-state index in [-0.39, 0.29) is 21.5 Å². The highest BCUT2D eigenvalue weighted by Crippen LogP contribution is 2.36. The lowest BCUT2D eigenvalue weighted by atomic mass is 10.2. The fraction of sp³-hybridized carbons (Fsp3) is 0.0769. The lowest BCUT2D eigenvalue weighted by molar-refractivity contribution is -0.138. The van der Waals surface area contributed by atoms with Crippen molar-refractivity contribution in [3.05, 3.63) is 52.1 Å². The molecule has 0 fully saturated rings. The van der Waals surface area contributed by atoms with Gasteiger partial charge in [-0.1, -0.05) is 15.9 Å². The summed E-state index contributed by atoms with van der Waals surface area (Å²) in [6.07, 6.45) is -3.11. The van der Waals surface area contributed by atoms with Gasteiger partial charge in [0.15, 0.2) is 0 Å². The number of hydrogen-bond acceptors (Lipinski definition) is 3. The minimum Gasteiger partial charge on any atom is -0.383 e. The van der Waals surface area contributed by atoms with E-state index in [9.17, 15) is 18.0 Å². The minimum absolute atomic E-state index is 0.00292. The van der Waals surface area contributed by atoms with Crippen LogP contribution in [0.5, 0.6) is 0 Å². The number of amides is 1. The maximum atomic E-state index is 12.8. The first-order chi connectivity index (χ1) is 9.79. The van der Waals surface area contributed by atoms with E-state index in [0.717, 1.165) is 6.07 Å². The standard InChI is InChI=1S/C13H9BrF3N3O/c14-10-4-3-7(6-9(10)13(15,16)17)20-12(21)8-2-1-5-19-11(8)18/h1-6H,(H2,18,19)(H,20,21). The molecule has 0 saturated heterocycles. The van der Waals surface area contributed by atoms with Crippen LogP contribution in [-0.2, 0) is 6.18 Å². The van der Waals surface area contributed by atoms with Crippen molar-refractivity contribution >= 4 is 33.3 Å². The maximum Gasteiger partial charge on any atom is 0.417 e. The summed E-state index contributed by atoms with van der Waals surface area (Å²) in [5.41, 5.74) is 4.77. The first-order valence-corrected chi connectivity index (χ1v) is 6.47. The Morgan fingerprint density at radius 1 is 1.29 bits per heavy atom. The molecule has 8 heteroatoms. The second-order valence-electron chi connectivity index (χ2n) is 4.08. The molecule has 110 valence electrons. The van der Waals surface area contributed by atoms with Crippen molar-refractivity contribution in [1.82, 2.24) is 4.98 Å². The van der Waals surface area contributed by atoms with Crippen LogP contribution >= 0.6 is 15.9 Å². The zero-order valence-electron chi connectivity index (χ0n) is 10.4. The third-order valence-corrected chi connectivity index (χ3v) is 3.30. The van der Waals surface area contributed by atoms with Crippen molar-refractivity contribution in [1.29, 1.82) is 0 Å². The Balaban J connectivity index is 2.29. The molecule has 1 amide bonds. The average Bonchev–Trinajstić information content (AvgIpc) is 2.40. The van der Waals surface area contributed by atoms with Gasteiger partial charge in [-0.2, -0.15) is 13.2 Å². The van der Waals surface area contributed by atoms with E-state index in [1.165, 1.54) is 30.5 Å². The summed E-state index contributed by atoms with van der Waals surface area (Å²) in [6, 6.07) is 6.35. The molecular formula is C13H9BrF3N3O. The molecule has 0 saturated carbocycles. The zero-order chi connectivity index (χ0) is 15.6. The molecule has 0 aliphatic heterocycles. The van der Waals surface area contributed by atoms with Crippen molar-refractivity contribution in [2.75, 3.05) is 11.1 Å². The highest BCUT2D eigenvalue weighted by molar-refractivity contribution is 9.10. The molecule has 0 bridgehead atoms. The molecule has 2 rings (SSSR count). The van der Waals surface area contributed by atoms with Gasteiger partial charge in [-0.15, -0.1) is 0 Å². The molecule has 1 aromatic heterocycles. The van der Waals surface area contributed by atoms with Crippen molar-refractivity contribution in [3.8, 4) is 0 Å². The van der Waals surface area contributed by atoms with Gasteiger partial charge in [-0.3, -0.25) is 4.79 Å². The zero-order valence-corrected chi connectivity index (χ0v) is 12.0. The normalized spacial score (nSPS) is 11.2. The highest BCUT2D eigenvalue weighted by Gasteiger charge is 2.33. The summed E-state index contributed by atoms with van der Waals surface area (Å²) in [4.78, 5) is 15.7. The summed E-state index contributed by atoms with van der Waals surface area (Å²) in [6.45, 7) is 0. The lowest BCUT2D eigenvalue weighted by Gasteiger charge is -2.12. The van der Waals surface area contributed by atoms with Gasteiger partial charge in [0, 0.05) is 16.4 Å². The van der Waals surface area contributed by atoms with Gasteiger partial charge in [0.2, 0.25) is 0 Å². The van der Waals surface area contributed by atoms with Crippen LogP contribution in [0.1, 0.15) is 15.9 Å². The van der Waals surface area contributed by atoms with Crippen LogP contribution in [0, 0.1) is 0 Å². The van der Waals surface area contributed by atoms with Crippen LogP contribution in [0.15, 0.2) is 41.0 Å². The molecule has 1 heterocycles. The molecule has 3 N–H and O–H groups in total. The van der Waals surface area contributed by atoms with Gasteiger partial charge in [0.05, 0.1) is 11.1 Å². The number of hydrogen-bond donors (Lipinski definition) is 2. The predicted octanol–water partition coefficient (Wildman–Crippen LogP) is 3.70. The summed E-state index contributed by atoms with van der Waals surface area (Å²) < 4.78 is 38.2. The minimum atomic E-state index is -4.52. The van der Waals surface area contributed by atoms with Crippen LogP contribution < -0.4 is 11.1 Å².